The molecule has 120 valence electrons. The number of imidazole rings is 1. The number of halogens is 1. The van der Waals surface area contributed by atoms with Crippen molar-refractivity contribution in [3.05, 3.63) is 47.4 Å². The molecular weight excluding hydrogens is 313 g/mol. The number of nitrogens with one attached hydrogen (secondary N) is 1. The van der Waals surface area contributed by atoms with Gasteiger partial charge in [0.2, 0.25) is 5.91 Å². The summed E-state index contributed by atoms with van der Waals surface area (Å²) in [4.78, 5) is 17.5. The normalized spacial score (nSPS) is 11.8. The van der Waals surface area contributed by atoms with Crippen LogP contribution in [0.5, 0.6) is 0 Å². The average molecular weight is 331 g/mol. The van der Waals surface area contributed by atoms with E-state index in [9.17, 15) is 9.18 Å². The highest BCUT2D eigenvalue weighted by molar-refractivity contribution is 7.15. The van der Waals surface area contributed by atoms with Crippen LogP contribution < -0.4 is 5.32 Å². The van der Waals surface area contributed by atoms with Gasteiger partial charge in [0.1, 0.15) is 5.82 Å². The standard InChI is InChI=1S/C17H18FN3OS/c1-17(2,3)20-15(22)8-13-10-23-16-19-14(9-21(13)16)11-4-6-12(18)7-5-11/h4-7,9-10H,8H2,1-3H3,(H,20,22). The summed E-state index contributed by atoms with van der Waals surface area (Å²) in [6.45, 7) is 5.87. The summed E-state index contributed by atoms with van der Waals surface area (Å²) < 4.78 is 14.9. The summed E-state index contributed by atoms with van der Waals surface area (Å²) in [6, 6.07) is 6.24. The van der Waals surface area contributed by atoms with Crippen molar-refractivity contribution in [3.8, 4) is 11.3 Å². The number of thiazole rings is 1. The van der Waals surface area contributed by atoms with Gasteiger partial charge < -0.3 is 5.32 Å². The Morgan fingerprint density at radius 3 is 2.65 bits per heavy atom. The fourth-order valence-corrected chi connectivity index (χ4v) is 3.22. The smallest absolute Gasteiger partial charge is 0.226 e. The molecule has 0 fully saturated rings. The third kappa shape index (κ3) is 3.59. The number of carbonyl (C=O) groups is 1. The van der Waals surface area contributed by atoms with E-state index >= 15 is 0 Å². The van der Waals surface area contributed by atoms with Crippen LogP contribution in [0, 0.1) is 5.82 Å². The Morgan fingerprint density at radius 1 is 1.30 bits per heavy atom. The first-order valence-corrected chi connectivity index (χ1v) is 8.22. The van der Waals surface area contributed by atoms with Crippen LogP contribution in [0.1, 0.15) is 26.5 Å². The van der Waals surface area contributed by atoms with E-state index in [4.69, 9.17) is 0 Å². The van der Waals surface area contributed by atoms with Crippen LogP contribution >= 0.6 is 11.3 Å². The summed E-state index contributed by atoms with van der Waals surface area (Å²) in [6.07, 6.45) is 2.19. The van der Waals surface area contributed by atoms with Gasteiger partial charge in [0.25, 0.3) is 0 Å². The quantitative estimate of drug-likeness (QED) is 0.796. The maximum atomic E-state index is 13.0. The molecular formula is C17H18FN3OS. The van der Waals surface area contributed by atoms with Crippen molar-refractivity contribution in [1.29, 1.82) is 0 Å². The predicted molar refractivity (Wildman–Crippen MR) is 90.1 cm³/mol. The summed E-state index contributed by atoms with van der Waals surface area (Å²) in [5, 5.41) is 4.90. The topological polar surface area (TPSA) is 46.4 Å². The van der Waals surface area contributed by atoms with Crippen LogP contribution in [0.15, 0.2) is 35.8 Å². The monoisotopic (exact) mass is 331 g/mol. The summed E-state index contributed by atoms with van der Waals surface area (Å²) in [5.41, 5.74) is 2.27. The van der Waals surface area contributed by atoms with E-state index in [-0.39, 0.29) is 17.3 Å². The molecule has 1 N–H and O–H groups in total. The molecule has 0 aliphatic heterocycles. The lowest BCUT2D eigenvalue weighted by Gasteiger charge is -2.20. The molecule has 3 aromatic rings. The van der Waals surface area contributed by atoms with Crippen LogP contribution in [0.4, 0.5) is 4.39 Å². The predicted octanol–water partition coefficient (Wildman–Crippen LogP) is 3.66. The number of fused-ring (bicyclic) bond motifs is 1. The number of amides is 1. The fourth-order valence-electron chi connectivity index (χ4n) is 2.34. The average Bonchev–Trinajstić information content (AvgIpc) is 3.00. The van der Waals surface area contributed by atoms with Crippen LogP contribution in [0.25, 0.3) is 16.2 Å². The van der Waals surface area contributed by atoms with Crippen LogP contribution in [0.3, 0.4) is 0 Å². The molecule has 1 amide bonds. The third-order valence-corrected chi connectivity index (χ3v) is 4.17. The zero-order chi connectivity index (χ0) is 16.6. The van der Waals surface area contributed by atoms with Gasteiger partial charge in [-0.1, -0.05) is 0 Å². The van der Waals surface area contributed by atoms with E-state index in [1.54, 1.807) is 12.1 Å². The van der Waals surface area contributed by atoms with Crippen molar-refractivity contribution in [1.82, 2.24) is 14.7 Å². The van der Waals surface area contributed by atoms with Crippen LogP contribution in [-0.4, -0.2) is 20.8 Å². The van der Waals surface area contributed by atoms with Crippen molar-refractivity contribution in [3.63, 3.8) is 0 Å². The Morgan fingerprint density at radius 2 is 2.00 bits per heavy atom. The van der Waals surface area contributed by atoms with Gasteiger partial charge in [0, 0.05) is 28.4 Å². The molecule has 2 aromatic heterocycles. The van der Waals surface area contributed by atoms with E-state index < -0.39 is 0 Å². The Kier molecular flexibility index (Phi) is 3.93. The van der Waals surface area contributed by atoms with Crippen molar-refractivity contribution >= 4 is 22.2 Å². The van der Waals surface area contributed by atoms with E-state index in [2.05, 4.69) is 10.3 Å². The minimum atomic E-state index is -0.269. The zero-order valence-electron chi connectivity index (χ0n) is 13.3. The minimum Gasteiger partial charge on any atom is -0.351 e. The lowest BCUT2D eigenvalue weighted by molar-refractivity contribution is -0.121. The summed E-state index contributed by atoms with van der Waals surface area (Å²) in [7, 11) is 0. The molecule has 0 aliphatic carbocycles. The molecule has 23 heavy (non-hydrogen) atoms. The Hall–Kier alpha value is -2.21. The van der Waals surface area contributed by atoms with Gasteiger partial charge in [-0.2, -0.15) is 0 Å². The van der Waals surface area contributed by atoms with Gasteiger partial charge >= 0.3 is 0 Å². The molecule has 0 unspecified atom stereocenters. The highest BCUT2D eigenvalue weighted by atomic mass is 32.1. The fraction of sp³-hybridized carbons (Fsp3) is 0.294. The number of aromatic nitrogens is 2. The van der Waals surface area contributed by atoms with E-state index in [0.717, 1.165) is 21.9 Å². The molecule has 0 aliphatic rings. The van der Waals surface area contributed by atoms with Crippen molar-refractivity contribution < 1.29 is 9.18 Å². The second kappa shape index (κ2) is 5.77. The van der Waals surface area contributed by atoms with E-state index in [1.807, 2.05) is 36.7 Å². The van der Waals surface area contributed by atoms with Crippen LogP contribution in [0.2, 0.25) is 0 Å². The Balaban J connectivity index is 1.86. The molecule has 1 aromatic carbocycles. The lowest BCUT2D eigenvalue weighted by atomic mass is 10.1. The number of hydrogen-bond donors (Lipinski definition) is 1. The first-order valence-electron chi connectivity index (χ1n) is 7.34. The van der Waals surface area contributed by atoms with E-state index in [0.29, 0.717) is 6.42 Å². The van der Waals surface area contributed by atoms with Gasteiger partial charge in [-0.3, -0.25) is 9.20 Å². The number of hydrogen-bond acceptors (Lipinski definition) is 3. The van der Waals surface area contributed by atoms with Gasteiger partial charge in [-0.15, -0.1) is 11.3 Å². The molecule has 0 spiro atoms. The second-order valence-electron chi connectivity index (χ2n) is 6.49. The van der Waals surface area contributed by atoms with Gasteiger partial charge in [0.15, 0.2) is 4.96 Å². The molecule has 0 bridgehead atoms. The molecule has 6 heteroatoms. The minimum absolute atomic E-state index is 0.0192. The summed E-state index contributed by atoms with van der Waals surface area (Å²) in [5.74, 6) is -0.288. The maximum Gasteiger partial charge on any atom is 0.226 e. The van der Waals surface area contributed by atoms with Gasteiger partial charge in [0.05, 0.1) is 12.1 Å². The number of nitrogens with zero attached hydrogens (tertiary/aromatic N) is 2. The molecule has 3 rings (SSSR count). The third-order valence-electron chi connectivity index (χ3n) is 3.28. The molecule has 0 atom stereocenters. The summed E-state index contributed by atoms with van der Waals surface area (Å²) >= 11 is 1.49. The number of benzene rings is 1. The zero-order valence-corrected chi connectivity index (χ0v) is 14.1. The first-order chi connectivity index (χ1) is 10.8. The first kappa shape index (κ1) is 15.7. The number of rotatable bonds is 3. The molecule has 2 heterocycles. The lowest BCUT2D eigenvalue weighted by Crippen LogP contribution is -2.41. The highest BCUT2D eigenvalue weighted by Crippen LogP contribution is 2.24. The molecule has 0 radical (unpaired) electrons. The van der Waals surface area contributed by atoms with Crippen molar-refractivity contribution in [2.75, 3.05) is 0 Å². The highest BCUT2D eigenvalue weighted by Gasteiger charge is 2.16. The van der Waals surface area contributed by atoms with Crippen LogP contribution in [-0.2, 0) is 11.2 Å². The van der Waals surface area contributed by atoms with E-state index in [1.165, 1.54) is 23.5 Å². The van der Waals surface area contributed by atoms with Gasteiger partial charge in [-0.25, -0.2) is 9.37 Å². The largest absolute Gasteiger partial charge is 0.351 e. The Bertz CT molecular complexity index is 843. The molecule has 0 saturated carbocycles. The number of carbonyl (C=O) groups excluding carboxylic acids is 1. The molecule has 4 nitrogen and oxygen atoms in total. The SMILES string of the molecule is CC(C)(C)NC(=O)Cc1csc2nc(-c3ccc(F)cc3)cn12. The maximum absolute atomic E-state index is 13.0. The Labute approximate surface area is 138 Å². The van der Waals surface area contributed by atoms with Crippen molar-refractivity contribution in [2.24, 2.45) is 0 Å². The van der Waals surface area contributed by atoms with Crippen molar-refractivity contribution in [2.45, 2.75) is 32.7 Å². The molecule has 0 saturated heterocycles. The van der Waals surface area contributed by atoms with Gasteiger partial charge in [-0.05, 0) is 45.0 Å². The second-order valence-corrected chi connectivity index (χ2v) is 7.32.